The van der Waals surface area contributed by atoms with Gasteiger partial charge in [-0.05, 0) is 31.7 Å². The lowest BCUT2D eigenvalue weighted by Gasteiger charge is -2.48. The summed E-state index contributed by atoms with van der Waals surface area (Å²) in [6.45, 7) is 5.93. The molecule has 0 amide bonds. The van der Waals surface area contributed by atoms with Crippen molar-refractivity contribution in [1.29, 1.82) is 5.26 Å². The number of anilines is 1. The first kappa shape index (κ1) is 17.3. The second-order valence-electron chi connectivity index (χ2n) is 7.38. The quantitative estimate of drug-likeness (QED) is 0.756. The fourth-order valence-electron chi connectivity index (χ4n) is 4.19. The Bertz CT molecular complexity index is 756. The Morgan fingerprint density at radius 2 is 2.19 bits per heavy atom. The molecule has 0 unspecified atom stereocenters. The van der Waals surface area contributed by atoms with Gasteiger partial charge >= 0.3 is 5.97 Å². The van der Waals surface area contributed by atoms with Crippen LogP contribution in [-0.2, 0) is 9.47 Å². The van der Waals surface area contributed by atoms with Crippen LogP contribution < -0.4 is 4.90 Å². The fourth-order valence-corrected chi connectivity index (χ4v) is 4.19. The zero-order chi connectivity index (χ0) is 18.3. The third-order valence-electron chi connectivity index (χ3n) is 5.74. The van der Waals surface area contributed by atoms with E-state index in [0.29, 0.717) is 34.7 Å². The zero-order valence-electron chi connectivity index (χ0n) is 15.3. The van der Waals surface area contributed by atoms with Gasteiger partial charge in [0, 0.05) is 25.7 Å². The molecule has 3 aliphatic rings. The van der Waals surface area contributed by atoms with E-state index in [9.17, 15) is 10.1 Å². The van der Waals surface area contributed by atoms with Gasteiger partial charge in [-0.15, -0.1) is 0 Å². The summed E-state index contributed by atoms with van der Waals surface area (Å²) in [7, 11) is 1.33. The van der Waals surface area contributed by atoms with Crippen molar-refractivity contribution in [3.63, 3.8) is 0 Å². The molecule has 1 aromatic rings. The summed E-state index contributed by atoms with van der Waals surface area (Å²) in [5.41, 5.74) is 1.35. The standard InChI is InChI=1S/C19H24N4O3/c1-12-16(19(24)25-2)7-14(8-20)18(21-12)22-5-6-23-15(9-22)10-26-11-17(23)13-3-4-13/h7,13,15,17H,3-6,9-11H2,1-2H3/t15-,17-/m1/s1. The van der Waals surface area contributed by atoms with Crippen molar-refractivity contribution in [2.75, 3.05) is 44.9 Å². The Morgan fingerprint density at radius 1 is 1.38 bits per heavy atom. The van der Waals surface area contributed by atoms with Gasteiger partial charge in [-0.1, -0.05) is 0 Å². The van der Waals surface area contributed by atoms with Crippen molar-refractivity contribution in [2.24, 2.45) is 5.92 Å². The summed E-state index contributed by atoms with van der Waals surface area (Å²) in [4.78, 5) is 21.2. The minimum absolute atomic E-state index is 0.331. The number of methoxy groups -OCH3 is 1. The predicted molar refractivity (Wildman–Crippen MR) is 95.1 cm³/mol. The topological polar surface area (TPSA) is 78.7 Å². The Hall–Kier alpha value is -2.17. The van der Waals surface area contributed by atoms with E-state index in [4.69, 9.17) is 9.47 Å². The molecule has 1 aromatic heterocycles. The average Bonchev–Trinajstić information content (AvgIpc) is 3.51. The van der Waals surface area contributed by atoms with E-state index in [2.05, 4.69) is 20.9 Å². The predicted octanol–water partition coefficient (Wildman–Crippen LogP) is 1.35. The molecule has 7 nitrogen and oxygen atoms in total. The Balaban J connectivity index is 1.57. The van der Waals surface area contributed by atoms with Gasteiger partial charge in [-0.3, -0.25) is 4.90 Å². The molecule has 138 valence electrons. The van der Waals surface area contributed by atoms with Gasteiger partial charge in [-0.2, -0.15) is 5.26 Å². The monoisotopic (exact) mass is 356 g/mol. The van der Waals surface area contributed by atoms with Crippen molar-refractivity contribution < 1.29 is 14.3 Å². The number of fused-ring (bicyclic) bond motifs is 1. The van der Waals surface area contributed by atoms with Crippen molar-refractivity contribution in [3.8, 4) is 6.07 Å². The van der Waals surface area contributed by atoms with E-state index in [1.807, 2.05) is 0 Å². The highest BCUT2D eigenvalue weighted by Crippen LogP contribution is 2.38. The number of ether oxygens (including phenoxy) is 2. The molecular formula is C19H24N4O3. The maximum Gasteiger partial charge on any atom is 0.339 e. The Kier molecular flexibility index (Phi) is 4.55. The number of rotatable bonds is 3. The number of piperazine rings is 1. The van der Waals surface area contributed by atoms with Gasteiger partial charge < -0.3 is 14.4 Å². The molecule has 7 heteroatoms. The van der Waals surface area contributed by atoms with Crippen LogP contribution in [0.25, 0.3) is 0 Å². The maximum atomic E-state index is 11.9. The number of aryl methyl sites for hydroxylation is 1. The van der Waals surface area contributed by atoms with Crippen molar-refractivity contribution >= 4 is 11.8 Å². The van der Waals surface area contributed by atoms with E-state index in [1.165, 1.54) is 20.0 Å². The highest BCUT2D eigenvalue weighted by atomic mass is 16.5. The molecule has 0 radical (unpaired) electrons. The van der Waals surface area contributed by atoms with E-state index >= 15 is 0 Å². The first-order chi connectivity index (χ1) is 12.6. The molecule has 2 atom stereocenters. The first-order valence-electron chi connectivity index (χ1n) is 9.21. The largest absolute Gasteiger partial charge is 0.465 e. The van der Waals surface area contributed by atoms with Crippen molar-refractivity contribution in [3.05, 3.63) is 22.9 Å². The number of pyridine rings is 1. The van der Waals surface area contributed by atoms with Crippen LogP contribution in [0.5, 0.6) is 0 Å². The molecule has 0 spiro atoms. The lowest BCUT2D eigenvalue weighted by molar-refractivity contribution is -0.0603. The van der Waals surface area contributed by atoms with Gasteiger partial charge in [0.2, 0.25) is 0 Å². The van der Waals surface area contributed by atoms with Crippen LogP contribution in [0.3, 0.4) is 0 Å². The third kappa shape index (κ3) is 3.04. The molecule has 0 N–H and O–H groups in total. The second-order valence-corrected chi connectivity index (χ2v) is 7.38. The summed E-state index contributed by atoms with van der Waals surface area (Å²) in [6.07, 6.45) is 2.63. The van der Waals surface area contributed by atoms with Gasteiger partial charge in [0.25, 0.3) is 0 Å². The molecule has 0 aromatic carbocycles. The average molecular weight is 356 g/mol. The molecule has 2 aliphatic heterocycles. The maximum absolute atomic E-state index is 11.9. The first-order valence-corrected chi connectivity index (χ1v) is 9.21. The number of aromatic nitrogens is 1. The Labute approximate surface area is 153 Å². The molecule has 2 saturated heterocycles. The number of nitrogens with zero attached hydrogens (tertiary/aromatic N) is 4. The van der Waals surface area contributed by atoms with Crippen LogP contribution in [-0.4, -0.2) is 67.9 Å². The third-order valence-corrected chi connectivity index (χ3v) is 5.74. The van der Waals surface area contributed by atoms with Crippen LogP contribution in [0, 0.1) is 24.2 Å². The summed E-state index contributed by atoms with van der Waals surface area (Å²) in [6, 6.07) is 4.66. The number of morpholine rings is 1. The van der Waals surface area contributed by atoms with Gasteiger partial charge in [0.05, 0.1) is 43.2 Å². The highest BCUT2D eigenvalue weighted by molar-refractivity contribution is 5.91. The molecule has 1 aliphatic carbocycles. The van der Waals surface area contributed by atoms with E-state index in [0.717, 1.165) is 38.8 Å². The highest BCUT2D eigenvalue weighted by Gasteiger charge is 2.43. The van der Waals surface area contributed by atoms with E-state index < -0.39 is 5.97 Å². The molecule has 4 rings (SSSR count). The molecule has 1 saturated carbocycles. The number of carbonyl (C=O) groups excluding carboxylic acids is 1. The van der Waals surface area contributed by atoms with Crippen LogP contribution in [0.15, 0.2) is 6.07 Å². The molecule has 26 heavy (non-hydrogen) atoms. The van der Waals surface area contributed by atoms with Crippen LogP contribution >= 0.6 is 0 Å². The summed E-state index contributed by atoms with van der Waals surface area (Å²) < 4.78 is 10.7. The SMILES string of the molecule is COC(=O)c1cc(C#N)c(N2CCN3[C@@H](COC[C@@H]3C3CC3)C2)nc1C. The number of hydrogen-bond acceptors (Lipinski definition) is 7. The van der Waals surface area contributed by atoms with Gasteiger partial charge in [-0.25, -0.2) is 9.78 Å². The van der Waals surface area contributed by atoms with Crippen molar-refractivity contribution in [2.45, 2.75) is 31.8 Å². The molecule has 3 fully saturated rings. The summed E-state index contributed by atoms with van der Waals surface area (Å²) >= 11 is 0. The number of carbonyl (C=O) groups is 1. The Morgan fingerprint density at radius 3 is 2.88 bits per heavy atom. The lowest BCUT2D eigenvalue weighted by Crippen LogP contribution is -2.62. The van der Waals surface area contributed by atoms with Gasteiger partial charge in [0.15, 0.2) is 0 Å². The van der Waals surface area contributed by atoms with Crippen LogP contribution in [0.1, 0.15) is 34.5 Å². The number of esters is 1. The normalized spacial score (nSPS) is 26.1. The zero-order valence-corrected chi connectivity index (χ0v) is 15.3. The molecule has 0 bridgehead atoms. The van der Waals surface area contributed by atoms with Crippen LogP contribution in [0.4, 0.5) is 5.82 Å². The minimum atomic E-state index is -0.462. The molecular weight excluding hydrogens is 332 g/mol. The molecule has 3 heterocycles. The van der Waals surface area contributed by atoms with E-state index in [1.54, 1.807) is 13.0 Å². The van der Waals surface area contributed by atoms with E-state index in [-0.39, 0.29) is 0 Å². The number of nitriles is 1. The minimum Gasteiger partial charge on any atom is -0.465 e. The van der Waals surface area contributed by atoms with Gasteiger partial charge in [0.1, 0.15) is 11.9 Å². The summed E-state index contributed by atoms with van der Waals surface area (Å²) in [5.74, 6) is 0.986. The second kappa shape index (κ2) is 6.86. The van der Waals surface area contributed by atoms with Crippen molar-refractivity contribution in [1.82, 2.24) is 9.88 Å². The lowest BCUT2D eigenvalue weighted by atomic mass is 10.0. The smallest absolute Gasteiger partial charge is 0.339 e. The summed E-state index contributed by atoms with van der Waals surface area (Å²) in [5, 5.41) is 9.57. The fraction of sp³-hybridized carbons (Fsp3) is 0.632. The van der Waals surface area contributed by atoms with Crippen LogP contribution in [0.2, 0.25) is 0 Å². The number of hydrogen-bond donors (Lipinski definition) is 0.